The molecule has 0 unspecified atom stereocenters. The van der Waals surface area contributed by atoms with Crippen molar-refractivity contribution in [3.8, 4) is 11.5 Å². The first-order valence-electron chi connectivity index (χ1n) is 9.36. The summed E-state index contributed by atoms with van der Waals surface area (Å²) in [6.45, 7) is -0.456. The van der Waals surface area contributed by atoms with Gasteiger partial charge in [-0.15, -0.1) is 13.2 Å². The minimum atomic E-state index is -4.83. The number of rotatable bonds is 8. The van der Waals surface area contributed by atoms with Gasteiger partial charge in [-0.3, -0.25) is 9.59 Å². The van der Waals surface area contributed by atoms with Gasteiger partial charge in [0.25, 0.3) is 11.8 Å². The van der Waals surface area contributed by atoms with E-state index in [0.717, 1.165) is 0 Å². The van der Waals surface area contributed by atoms with Gasteiger partial charge in [-0.25, -0.2) is 0 Å². The molecule has 10 heteroatoms. The summed E-state index contributed by atoms with van der Waals surface area (Å²) in [4.78, 5) is 25.7. The third-order valence-corrected chi connectivity index (χ3v) is 4.23. The third-order valence-electron chi connectivity index (χ3n) is 4.23. The fraction of sp³-hybridized carbons (Fsp3) is 0.182. The minimum absolute atomic E-state index is 0.103. The largest absolute Gasteiger partial charge is 0.573 e. The predicted molar refractivity (Wildman–Crippen MR) is 108 cm³/mol. The Morgan fingerprint density at radius 3 is 2.56 bits per heavy atom. The number of amides is 2. The molecule has 0 aliphatic rings. The Morgan fingerprint density at radius 1 is 1.06 bits per heavy atom. The lowest BCUT2D eigenvalue weighted by molar-refractivity contribution is -0.275. The second-order valence-electron chi connectivity index (χ2n) is 6.65. The molecule has 3 rings (SSSR count). The van der Waals surface area contributed by atoms with Crippen LogP contribution >= 0.6 is 0 Å². The van der Waals surface area contributed by atoms with Gasteiger partial charge in [-0.2, -0.15) is 0 Å². The molecule has 0 atom stereocenters. The molecule has 168 valence electrons. The van der Waals surface area contributed by atoms with Gasteiger partial charge in [0.15, 0.2) is 12.4 Å². The van der Waals surface area contributed by atoms with Gasteiger partial charge < -0.3 is 24.1 Å². The van der Waals surface area contributed by atoms with Crippen molar-refractivity contribution in [3.63, 3.8) is 0 Å². The van der Waals surface area contributed by atoms with Crippen LogP contribution in [-0.2, 0) is 11.3 Å². The maximum absolute atomic E-state index is 12.6. The van der Waals surface area contributed by atoms with E-state index in [0.29, 0.717) is 11.4 Å². The second-order valence-corrected chi connectivity index (χ2v) is 6.65. The molecule has 0 saturated heterocycles. The van der Waals surface area contributed by atoms with Gasteiger partial charge in [0.1, 0.15) is 11.5 Å². The zero-order valence-corrected chi connectivity index (χ0v) is 16.9. The summed E-state index contributed by atoms with van der Waals surface area (Å²) >= 11 is 0. The Morgan fingerprint density at radius 2 is 1.84 bits per heavy atom. The Hall–Kier alpha value is -3.95. The smallest absolute Gasteiger partial charge is 0.484 e. The van der Waals surface area contributed by atoms with Crippen molar-refractivity contribution in [1.82, 2.24) is 4.90 Å². The van der Waals surface area contributed by atoms with Crippen molar-refractivity contribution < 1.29 is 36.7 Å². The van der Waals surface area contributed by atoms with Gasteiger partial charge in [0.2, 0.25) is 0 Å². The Labute approximate surface area is 181 Å². The Balaban J connectivity index is 1.56. The van der Waals surface area contributed by atoms with E-state index in [2.05, 4.69) is 10.1 Å². The second kappa shape index (κ2) is 9.90. The van der Waals surface area contributed by atoms with E-state index in [1.165, 1.54) is 48.5 Å². The average molecular weight is 448 g/mol. The standard InChI is InChI=1S/C22H19F3N2O5/c1-27(13-15-6-2-3-9-18(15)32-22(23,24)25)20(28)14-31-17-8-4-7-16(12-17)26-21(29)19-10-5-11-30-19/h2-12H,13-14H2,1H3,(H,26,29). The molecule has 0 spiro atoms. The Bertz CT molecular complexity index is 1070. The van der Waals surface area contributed by atoms with E-state index in [1.54, 1.807) is 30.3 Å². The lowest BCUT2D eigenvalue weighted by Crippen LogP contribution is -2.31. The average Bonchev–Trinajstić information content (AvgIpc) is 3.28. The molecule has 1 heterocycles. The molecule has 0 radical (unpaired) electrons. The molecular weight excluding hydrogens is 429 g/mol. The lowest BCUT2D eigenvalue weighted by atomic mass is 10.2. The number of nitrogens with one attached hydrogen (secondary N) is 1. The predicted octanol–water partition coefficient (Wildman–Crippen LogP) is 4.47. The van der Waals surface area contributed by atoms with Crippen molar-refractivity contribution >= 4 is 17.5 Å². The maximum Gasteiger partial charge on any atom is 0.573 e. The molecule has 7 nitrogen and oxygen atoms in total. The number of ether oxygens (including phenoxy) is 2. The van der Waals surface area contributed by atoms with E-state index in [1.807, 2.05) is 0 Å². The number of halogens is 3. The molecule has 0 bridgehead atoms. The zero-order chi connectivity index (χ0) is 23.1. The molecular formula is C22H19F3N2O5. The van der Waals surface area contributed by atoms with E-state index < -0.39 is 18.2 Å². The number of furan rings is 1. The number of likely N-dealkylation sites (N-methyl/N-ethyl adjacent to an activating group) is 1. The lowest BCUT2D eigenvalue weighted by Gasteiger charge is -2.20. The van der Waals surface area contributed by atoms with Crippen molar-refractivity contribution in [2.75, 3.05) is 19.0 Å². The highest BCUT2D eigenvalue weighted by atomic mass is 19.4. The SMILES string of the molecule is CN(Cc1ccccc1OC(F)(F)F)C(=O)COc1cccc(NC(=O)c2ccco2)c1. The maximum atomic E-state index is 12.6. The van der Waals surface area contributed by atoms with Crippen molar-refractivity contribution in [2.45, 2.75) is 12.9 Å². The topological polar surface area (TPSA) is 81.0 Å². The van der Waals surface area contributed by atoms with Crippen LogP contribution in [0.15, 0.2) is 71.3 Å². The molecule has 32 heavy (non-hydrogen) atoms. The normalized spacial score (nSPS) is 11.0. The quantitative estimate of drug-likeness (QED) is 0.550. The van der Waals surface area contributed by atoms with E-state index in [4.69, 9.17) is 9.15 Å². The van der Waals surface area contributed by atoms with Gasteiger partial charge in [0, 0.05) is 30.9 Å². The third kappa shape index (κ3) is 6.53. The zero-order valence-electron chi connectivity index (χ0n) is 16.9. The summed E-state index contributed by atoms with van der Waals surface area (Å²) in [5, 5.41) is 2.64. The number of anilines is 1. The summed E-state index contributed by atoms with van der Waals surface area (Å²) < 4.78 is 52.2. The highest BCUT2D eigenvalue weighted by Gasteiger charge is 2.32. The number of benzene rings is 2. The van der Waals surface area contributed by atoms with Crippen molar-refractivity contribution in [1.29, 1.82) is 0 Å². The van der Waals surface area contributed by atoms with Crippen LogP contribution in [0.2, 0.25) is 0 Å². The van der Waals surface area contributed by atoms with Crippen LogP contribution in [0.25, 0.3) is 0 Å². The summed E-state index contributed by atoms with van der Waals surface area (Å²) in [7, 11) is 1.44. The van der Waals surface area contributed by atoms with Gasteiger partial charge in [0.05, 0.1) is 6.26 Å². The first-order chi connectivity index (χ1) is 15.2. The molecule has 1 N–H and O–H groups in total. The van der Waals surface area contributed by atoms with Gasteiger partial charge >= 0.3 is 6.36 Å². The Kier molecular flexibility index (Phi) is 7.04. The summed E-state index contributed by atoms with van der Waals surface area (Å²) in [5.41, 5.74) is 0.631. The molecule has 0 saturated carbocycles. The number of hydrogen-bond donors (Lipinski definition) is 1. The van der Waals surface area contributed by atoms with Crippen molar-refractivity contribution in [2.24, 2.45) is 0 Å². The number of nitrogens with zero attached hydrogens (tertiary/aromatic N) is 1. The fourth-order valence-corrected chi connectivity index (χ4v) is 2.72. The number of para-hydroxylation sites is 1. The van der Waals surface area contributed by atoms with Crippen LogP contribution in [0.5, 0.6) is 11.5 Å². The van der Waals surface area contributed by atoms with Crippen LogP contribution in [0.3, 0.4) is 0 Å². The van der Waals surface area contributed by atoms with Crippen LogP contribution < -0.4 is 14.8 Å². The molecule has 3 aromatic rings. The van der Waals surface area contributed by atoms with Crippen LogP contribution in [0.4, 0.5) is 18.9 Å². The summed E-state index contributed by atoms with van der Waals surface area (Å²) in [5.74, 6) is -0.812. The molecule has 2 aromatic carbocycles. The molecule has 2 amide bonds. The molecule has 0 aliphatic carbocycles. The summed E-state index contributed by atoms with van der Waals surface area (Å²) in [6.07, 6.45) is -3.45. The summed E-state index contributed by atoms with van der Waals surface area (Å²) in [6, 6.07) is 15.1. The first-order valence-corrected chi connectivity index (χ1v) is 9.36. The molecule has 1 aromatic heterocycles. The number of carbonyl (C=O) groups is 2. The van der Waals surface area contributed by atoms with E-state index in [-0.39, 0.29) is 30.2 Å². The van der Waals surface area contributed by atoms with Crippen LogP contribution in [-0.4, -0.2) is 36.7 Å². The van der Waals surface area contributed by atoms with Gasteiger partial charge in [-0.05, 0) is 30.3 Å². The highest BCUT2D eigenvalue weighted by molar-refractivity contribution is 6.02. The highest BCUT2D eigenvalue weighted by Crippen LogP contribution is 2.27. The number of hydrogen-bond acceptors (Lipinski definition) is 5. The van der Waals surface area contributed by atoms with Crippen LogP contribution in [0.1, 0.15) is 16.1 Å². The van der Waals surface area contributed by atoms with Crippen LogP contribution in [0, 0.1) is 0 Å². The van der Waals surface area contributed by atoms with E-state index >= 15 is 0 Å². The van der Waals surface area contributed by atoms with Crippen molar-refractivity contribution in [3.05, 3.63) is 78.3 Å². The fourth-order valence-electron chi connectivity index (χ4n) is 2.72. The molecule has 0 aliphatic heterocycles. The number of alkyl halides is 3. The first kappa shape index (κ1) is 22.7. The molecule has 0 fully saturated rings. The minimum Gasteiger partial charge on any atom is -0.484 e. The van der Waals surface area contributed by atoms with Gasteiger partial charge in [-0.1, -0.05) is 24.3 Å². The number of carbonyl (C=O) groups excluding carboxylic acids is 2. The monoisotopic (exact) mass is 448 g/mol. The van der Waals surface area contributed by atoms with E-state index in [9.17, 15) is 22.8 Å².